The zero-order valence-electron chi connectivity index (χ0n) is 33.3. The van der Waals surface area contributed by atoms with E-state index in [1.165, 1.54) is 96.8 Å². The molecule has 2 aliphatic rings. The quantitative estimate of drug-likeness (QED) is 0.162. The Balaban J connectivity index is 1.31. The Kier molecular flexibility index (Phi) is 7.45. The molecule has 0 unspecified atom stereocenters. The van der Waals surface area contributed by atoms with Crippen molar-refractivity contribution in [3.63, 3.8) is 0 Å². The second-order valence-corrected chi connectivity index (χ2v) is 20.8. The first kappa shape index (κ1) is 34.6. The summed E-state index contributed by atoms with van der Waals surface area (Å²) in [5, 5.41) is 4.08. The molecule has 2 aliphatic heterocycles. The zero-order chi connectivity index (χ0) is 38.2. The molecule has 0 N–H and O–H groups in total. The van der Waals surface area contributed by atoms with Crippen molar-refractivity contribution in [2.75, 3.05) is 9.80 Å². The first-order valence-electron chi connectivity index (χ1n) is 19.6. The van der Waals surface area contributed by atoms with Crippen molar-refractivity contribution in [2.45, 2.75) is 78.6 Å². The number of thiophene rings is 2. The molecule has 0 bridgehead atoms. The lowest BCUT2D eigenvalue weighted by Crippen LogP contribution is -2.60. The molecular weight excluding hydrogens is 704 g/mol. The van der Waals surface area contributed by atoms with Crippen molar-refractivity contribution in [1.29, 1.82) is 0 Å². The summed E-state index contributed by atoms with van der Waals surface area (Å²) in [6, 6.07) is 46.7. The van der Waals surface area contributed by atoms with Crippen LogP contribution in [0.4, 0.5) is 34.1 Å². The number of anilines is 6. The maximum atomic E-state index is 2.59. The van der Waals surface area contributed by atoms with Crippen LogP contribution in [0, 0.1) is 0 Å². The Morgan fingerprint density at radius 2 is 1.05 bits per heavy atom. The topological polar surface area (TPSA) is 6.48 Å². The molecule has 8 aromatic rings. The van der Waals surface area contributed by atoms with Crippen LogP contribution in [-0.4, -0.2) is 6.71 Å². The monoisotopic (exact) mass is 750 g/mol. The third kappa shape index (κ3) is 5.26. The predicted molar refractivity (Wildman–Crippen MR) is 245 cm³/mol. The van der Waals surface area contributed by atoms with Gasteiger partial charge in [0, 0.05) is 63.5 Å². The molecule has 0 saturated carbocycles. The second kappa shape index (κ2) is 11.8. The Bertz CT molecular complexity index is 2820. The van der Waals surface area contributed by atoms with Crippen LogP contribution in [-0.2, 0) is 16.2 Å². The fourth-order valence-electron chi connectivity index (χ4n) is 8.92. The van der Waals surface area contributed by atoms with Gasteiger partial charge in [0.05, 0.1) is 5.69 Å². The van der Waals surface area contributed by atoms with E-state index in [1.807, 2.05) is 22.7 Å². The fourth-order valence-corrected chi connectivity index (χ4v) is 11.6. The summed E-state index contributed by atoms with van der Waals surface area (Å²) in [5.41, 5.74) is 14.5. The van der Waals surface area contributed by atoms with E-state index in [0.29, 0.717) is 0 Å². The lowest BCUT2D eigenvalue weighted by molar-refractivity contribution is 0.590. The third-order valence-corrected chi connectivity index (χ3v) is 14.4. The standard InChI is InChI=1S/C50H47BN2S2/c1-48(2,3)30-17-22-33(23-18-30)52-38-27-21-32(50(7,8)9)29-37(38)51-44-39(52)14-12-15-40(44)53(34-24-19-31(20-25-34)49(4,5)6)45-36-26-28-42-43(46(36)55-47(45)51)35-13-10-11-16-41(35)54-42/h10-29H,1-9H3. The summed E-state index contributed by atoms with van der Waals surface area (Å²) in [6.07, 6.45) is 0. The molecule has 5 heteroatoms. The largest absolute Gasteiger partial charge is 0.311 e. The minimum atomic E-state index is 0.00820. The number of hydrogen-bond acceptors (Lipinski definition) is 4. The van der Waals surface area contributed by atoms with Crippen LogP contribution in [0.15, 0.2) is 121 Å². The average Bonchev–Trinajstić information content (AvgIpc) is 3.72. The van der Waals surface area contributed by atoms with Crippen molar-refractivity contribution in [2.24, 2.45) is 0 Å². The summed E-state index contributed by atoms with van der Waals surface area (Å²) in [7, 11) is 0. The number of benzene rings is 6. The van der Waals surface area contributed by atoms with Gasteiger partial charge >= 0.3 is 0 Å². The fraction of sp³-hybridized carbons (Fsp3) is 0.240. The van der Waals surface area contributed by atoms with Gasteiger partial charge < -0.3 is 9.80 Å². The van der Waals surface area contributed by atoms with E-state index in [4.69, 9.17) is 0 Å². The molecule has 0 radical (unpaired) electrons. The number of fused-ring (bicyclic) bond motifs is 10. The van der Waals surface area contributed by atoms with E-state index < -0.39 is 0 Å². The summed E-state index contributed by atoms with van der Waals surface area (Å²) in [5.74, 6) is 0. The molecule has 0 saturated heterocycles. The minimum Gasteiger partial charge on any atom is -0.311 e. The van der Waals surface area contributed by atoms with Gasteiger partial charge in [0.1, 0.15) is 0 Å². The molecule has 4 heterocycles. The Morgan fingerprint density at radius 3 is 1.69 bits per heavy atom. The van der Waals surface area contributed by atoms with E-state index in [9.17, 15) is 0 Å². The number of nitrogens with zero attached hydrogens (tertiary/aromatic N) is 2. The normalized spacial score (nSPS) is 14.2. The van der Waals surface area contributed by atoms with Gasteiger partial charge in [0.2, 0.25) is 0 Å². The zero-order valence-corrected chi connectivity index (χ0v) is 35.0. The van der Waals surface area contributed by atoms with E-state index in [2.05, 4.69) is 193 Å². The van der Waals surface area contributed by atoms with Crippen LogP contribution < -0.4 is 25.5 Å². The van der Waals surface area contributed by atoms with Gasteiger partial charge in [0.15, 0.2) is 0 Å². The molecule has 0 atom stereocenters. The molecular formula is C50H47BN2S2. The summed E-state index contributed by atoms with van der Waals surface area (Å²) in [6.45, 7) is 20.9. The molecule has 0 aliphatic carbocycles. The van der Waals surface area contributed by atoms with Crippen LogP contribution in [0.2, 0.25) is 0 Å². The molecule has 55 heavy (non-hydrogen) atoms. The molecule has 0 fully saturated rings. The van der Waals surface area contributed by atoms with Gasteiger partial charge in [-0.2, -0.15) is 0 Å². The lowest BCUT2D eigenvalue weighted by atomic mass is 9.36. The van der Waals surface area contributed by atoms with E-state index in [-0.39, 0.29) is 23.0 Å². The van der Waals surface area contributed by atoms with Gasteiger partial charge in [-0.1, -0.05) is 123 Å². The smallest absolute Gasteiger partial charge is 0.264 e. The number of rotatable bonds is 2. The van der Waals surface area contributed by atoms with Crippen molar-refractivity contribution in [3.05, 3.63) is 138 Å². The van der Waals surface area contributed by atoms with Gasteiger partial charge in [-0.3, -0.25) is 0 Å². The molecule has 6 aromatic carbocycles. The van der Waals surface area contributed by atoms with E-state index >= 15 is 0 Å². The van der Waals surface area contributed by atoms with Crippen LogP contribution >= 0.6 is 22.7 Å². The predicted octanol–water partition coefficient (Wildman–Crippen LogP) is 13.2. The third-order valence-electron chi connectivity index (χ3n) is 11.9. The molecule has 2 nitrogen and oxygen atoms in total. The SMILES string of the molecule is CC(C)(C)c1ccc(N2c3ccc(C(C)(C)C)cc3B3c4sc5c(ccc6sc7ccccc7c65)c4N(c4ccc(C(C)(C)C)cc4)c4cccc2c43)cc1. The van der Waals surface area contributed by atoms with Crippen LogP contribution in [0.25, 0.3) is 30.3 Å². The molecule has 272 valence electrons. The van der Waals surface area contributed by atoms with Crippen molar-refractivity contribution in [1.82, 2.24) is 0 Å². The van der Waals surface area contributed by atoms with Crippen molar-refractivity contribution >= 4 is 109 Å². The summed E-state index contributed by atoms with van der Waals surface area (Å²) in [4.78, 5) is 5.13. The first-order chi connectivity index (χ1) is 26.2. The highest BCUT2D eigenvalue weighted by Gasteiger charge is 2.45. The van der Waals surface area contributed by atoms with Gasteiger partial charge in [0.25, 0.3) is 6.71 Å². The second-order valence-electron chi connectivity index (χ2n) is 18.7. The lowest BCUT2D eigenvalue weighted by Gasteiger charge is -2.43. The summed E-state index contributed by atoms with van der Waals surface area (Å²) < 4.78 is 5.52. The minimum absolute atomic E-state index is 0.00820. The van der Waals surface area contributed by atoms with E-state index in [1.54, 1.807) is 0 Å². The van der Waals surface area contributed by atoms with Crippen molar-refractivity contribution < 1.29 is 0 Å². The van der Waals surface area contributed by atoms with Gasteiger partial charge in [-0.15, -0.1) is 22.7 Å². The van der Waals surface area contributed by atoms with Gasteiger partial charge in [-0.25, -0.2) is 0 Å². The molecule has 0 amide bonds. The first-order valence-corrected chi connectivity index (χ1v) is 21.3. The maximum absolute atomic E-state index is 2.59. The highest BCUT2D eigenvalue weighted by atomic mass is 32.1. The van der Waals surface area contributed by atoms with E-state index in [0.717, 1.165) is 0 Å². The van der Waals surface area contributed by atoms with Crippen LogP contribution in [0.5, 0.6) is 0 Å². The number of hydrogen-bond donors (Lipinski definition) is 0. The van der Waals surface area contributed by atoms with Crippen LogP contribution in [0.1, 0.15) is 79.0 Å². The van der Waals surface area contributed by atoms with Crippen LogP contribution in [0.3, 0.4) is 0 Å². The Labute approximate surface area is 334 Å². The maximum Gasteiger partial charge on any atom is 0.264 e. The highest BCUT2D eigenvalue weighted by molar-refractivity contribution is 7.35. The molecule has 10 rings (SSSR count). The Morgan fingerprint density at radius 1 is 0.473 bits per heavy atom. The molecule has 0 spiro atoms. The summed E-state index contributed by atoms with van der Waals surface area (Å²) >= 11 is 3.93. The molecule has 2 aromatic heterocycles. The van der Waals surface area contributed by atoms with Crippen molar-refractivity contribution in [3.8, 4) is 0 Å². The Hall–Kier alpha value is -4.84. The van der Waals surface area contributed by atoms with Gasteiger partial charge in [-0.05, 0) is 105 Å². The highest BCUT2D eigenvalue weighted by Crippen LogP contribution is 2.51. The average molecular weight is 751 g/mol.